The minimum atomic E-state index is -1.14. The fraction of sp³-hybridized carbons (Fsp3) is 0.375. The summed E-state index contributed by atoms with van der Waals surface area (Å²) in [5.74, 6) is -0.963. The van der Waals surface area contributed by atoms with Crippen LogP contribution in [0.15, 0.2) is 84.9 Å². The molecule has 0 aliphatic carbocycles. The molecule has 5 nitrogen and oxygen atoms in total. The minimum absolute atomic E-state index is 0. The summed E-state index contributed by atoms with van der Waals surface area (Å²) in [7, 11) is 0. The number of benzene rings is 3. The van der Waals surface area contributed by atoms with Crippen LogP contribution in [0.1, 0.15) is 66.6 Å². The molecule has 0 unspecified atom stereocenters. The molecule has 3 aromatic carbocycles. The molecule has 0 bridgehead atoms. The van der Waals surface area contributed by atoms with Gasteiger partial charge in [-0.1, -0.05) is 98.8 Å². The van der Waals surface area contributed by atoms with Crippen molar-refractivity contribution in [3.63, 3.8) is 0 Å². The third-order valence-corrected chi connectivity index (χ3v) is 7.92. The number of aliphatic hydroxyl groups is 1. The summed E-state index contributed by atoms with van der Waals surface area (Å²) in [6.07, 6.45) is 2.96. The van der Waals surface area contributed by atoms with E-state index in [1.165, 1.54) is 0 Å². The van der Waals surface area contributed by atoms with Crippen LogP contribution >= 0.6 is 0 Å². The Morgan fingerprint density at radius 3 is 1.82 bits per heavy atom. The second-order valence-electron chi connectivity index (χ2n) is 10.6. The van der Waals surface area contributed by atoms with Gasteiger partial charge in [0.05, 0.1) is 5.97 Å². The number of carboxylic acids is 1. The van der Waals surface area contributed by atoms with E-state index >= 15 is 0 Å². The van der Waals surface area contributed by atoms with Gasteiger partial charge in [-0.2, -0.15) is 0 Å². The minimum Gasteiger partial charge on any atom is -0.549 e. The van der Waals surface area contributed by atoms with E-state index in [4.69, 9.17) is 0 Å². The molecule has 1 N–H and O–H groups in total. The van der Waals surface area contributed by atoms with Crippen LogP contribution in [0.3, 0.4) is 0 Å². The SMILES string of the molecule is CC(C)(C(=O)[O-])c1ccc(C(=O)CCCN2CCC(C(O)(c3ccccc3)c3ccccc3)CC2)cc1.[Na+]. The summed E-state index contributed by atoms with van der Waals surface area (Å²) in [6, 6.07) is 26.7. The van der Waals surface area contributed by atoms with E-state index in [0.717, 1.165) is 50.0 Å². The van der Waals surface area contributed by atoms with E-state index in [2.05, 4.69) is 4.90 Å². The average molecular weight is 522 g/mol. The van der Waals surface area contributed by atoms with Crippen LogP contribution in [-0.4, -0.2) is 41.4 Å². The molecule has 3 aromatic rings. The summed E-state index contributed by atoms with van der Waals surface area (Å²) in [5.41, 5.74) is 0.965. The van der Waals surface area contributed by atoms with E-state index < -0.39 is 17.0 Å². The van der Waals surface area contributed by atoms with E-state index in [0.29, 0.717) is 17.5 Å². The number of Topliss-reactive ketones (excluding diaryl/α,β-unsaturated/α-hetero) is 1. The van der Waals surface area contributed by atoms with Crippen molar-refractivity contribution in [1.82, 2.24) is 4.90 Å². The zero-order valence-electron chi connectivity index (χ0n) is 22.7. The predicted molar refractivity (Wildman–Crippen MR) is 143 cm³/mol. The second kappa shape index (κ2) is 13.2. The molecule has 38 heavy (non-hydrogen) atoms. The number of carboxylic acid groups (broad SMARTS) is 1. The zero-order valence-corrected chi connectivity index (χ0v) is 24.7. The summed E-state index contributed by atoms with van der Waals surface area (Å²) < 4.78 is 0. The van der Waals surface area contributed by atoms with E-state index in [-0.39, 0.29) is 41.3 Å². The molecule has 0 atom stereocenters. The van der Waals surface area contributed by atoms with Gasteiger partial charge in [-0.15, -0.1) is 0 Å². The average Bonchev–Trinajstić information content (AvgIpc) is 2.94. The standard InChI is InChI=1S/C32H37NO4.Na/c1-31(2,30(35)36)25-17-15-24(16-18-25)29(34)14-9-21-33-22-19-28(20-23-33)32(37,26-10-5-3-6-11-26)27-12-7-4-8-13-27;/h3-8,10-13,15-18,28,37H,9,14,19-23H2,1-2H3,(H,35,36);/q;+1/p-1. The van der Waals surface area contributed by atoms with Crippen molar-refractivity contribution < 1.29 is 49.4 Å². The molecular weight excluding hydrogens is 485 g/mol. The number of piperidine rings is 1. The third-order valence-electron chi connectivity index (χ3n) is 7.92. The Kier molecular flexibility index (Phi) is 10.5. The first kappa shape index (κ1) is 30.3. The van der Waals surface area contributed by atoms with Gasteiger partial charge in [0.25, 0.3) is 0 Å². The van der Waals surface area contributed by atoms with Crippen LogP contribution in [-0.2, 0) is 15.8 Å². The van der Waals surface area contributed by atoms with Crippen molar-refractivity contribution in [2.24, 2.45) is 5.92 Å². The molecule has 1 saturated heterocycles. The van der Waals surface area contributed by atoms with E-state index in [1.807, 2.05) is 60.7 Å². The molecule has 194 valence electrons. The Labute approximate surface area is 248 Å². The molecule has 0 radical (unpaired) electrons. The van der Waals surface area contributed by atoms with Gasteiger partial charge in [0, 0.05) is 17.4 Å². The van der Waals surface area contributed by atoms with Crippen LogP contribution in [0, 0.1) is 5.92 Å². The fourth-order valence-corrected chi connectivity index (χ4v) is 5.40. The van der Waals surface area contributed by atoms with Crippen molar-refractivity contribution in [3.8, 4) is 0 Å². The Bertz CT molecular complexity index is 1150. The van der Waals surface area contributed by atoms with Crippen molar-refractivity contribution in [1.29, 1.82) is 0 Å². The van der Waals surface area contributed by atoms with Gasteiger partial charge in [-0.3, -0.25) is 4.79 Å². The Morgan fingerprint density at radius 2 is 1.34 bits per heavy atom. The quantitative estimate of drug-likeness (QED) is 0.322. The van der Waals surface area contributed by atoms with Crippen molar-refractivity contribution in [2.45, 2.75) is 50.5 Å². The number of aliphatic carboxylic acids is 1. The normalized spacial score (nSPS) is 15.0. The van der Waals surface area contributed by atoms with E-state index in [9.17, 15) is 19.8 Å². The molecule has 1 aliphatic heterocycles. The van der Waals surface area contributed by atoms with E-state index in [1.54, 1.807) is 38.1 Å². The van der Waals surface area contributed by atoms with Crippen molar-refractivity contribution in [2.75, 3.05) is 19.6 Å². The van der Waals surface area contributed by atoms with Gasteiger partial charge in [0.1, 0.15) is 5.60 Å². The maximum atomic E-state index is 12.7. The Morgan fingerprint density at radius 1 is 0.842 bits per heavy atom. The zero-order chi connectivity index (χ0) is 26.5. The Hall–Kier alpha value is -2.28. The van der Waals surface area contributed by atoms with Gasteiger partial charge >= 0.3 is 29.6 Å². The predicted octanol–water partition coefficient (Wildman–Crippen LogP) is 1.33. The van der Waals surface area contributed by atoms with Crippen LogP contribution in [0.2, 0.25) is 0 Å². The van der Waals surface area contributed by atoms with Gasteiger partial charge in [0.15, 0.2) is 5.78 Å². The largest absolute Gasteiger partial charge is 1.00 e. The van der Waals surface area contributed by atoms with Crippen LogP contribution in [0.5, 0.6) is 0 Å². The van der Waals surface area contributed by atoms with Crippen LogP contribution in [0.4, 0.5) is 0 Å². The number of rotatable bonds is 10. The monoisotopic (exact) mass is 521 g/mol. The molecule has 0 amide bonds. The molecule has 0 aromatic heterocycles. The number of carbonyl (C=O) groups excluding carboxylic acids is 2. The van der Waals surface area contributed by atoms with Gasteiger partial charge < -0.3 is 19.9 Å². The number of likely N-dealkylation sites (tertiary alicyclic amines) is 1. The smallest absolute Gasteiger partial charge is 0.549 e. The first-order valence-corrected chi connectivity index (χ1v) is 13.1. The first-order chi connectivity index (χ1) is 17.7. The summed E-state index contributed by atoms with van der Waals surface area (Å²) in [6.45, 7) is 5.80. The van der Waals surface area contributed by atoms with Gasteiger partial charge in [-0.25, -0.2) is 0 Å². The van der Waals surface area contributed by atoms with Crippen LogP contribution < -0.4 is 34.7 Å². The first-order valence-electron chi connectivity index (χ1n) is 13.1. The molecule has 6 heteroatoms. The van der Waals surface area contributed by atoms with Gasteiger partial charge in [0.2, 0.25) is 0 Å². The number of ketones is 1. The number of hydrogen-bond donors (Lipinski definition) is 1. The fourth-order valence-electron chi connectivity index (χ4n) is 5.40. The molecule has 0 saturated carbocycles. The number of hydrogen-bond acceptors (Lipinski definition) is 5. The third kappa shape index (κ3) is 6.64. The molecule has 0 spiro atoms. The topological polar surface area (TPSA) is 80.7 Å². The number of carbonyl (C=O) groups is 2. The van der Waals surface area contributed by atoms with Crippen molar-refractivity contribution in [3.05, 3.63) is 107 Å². The summed E-state index contributed by atoms with van der Waals surface area (Å²) in [4.78, 5) is 26.4. The molecular formula is C32H36NNaO4. The van der Waals surface area contributed by atoms with Crippen molar-refractivity contribution >= 4 is 11.8 Å². The molecule has 1 fully saturated rings. The maximum Gasteiger partial charge on any atom is 1.00 e. The molecule has 4 rings (SSSR count). The number of nitrogens with zero attached hydrogens (tertiary/aromatic N) is 1. The van der Waals surface area contributed by atoms with Gasteiger partial charge in [-0.05, 0) is 61.5 Å². The molecule has 1 aliphatic rings. The molecule has 1 heterocycles. The summed E-state index contributed by atoms with van der Waals surface area (Å²) in [5, 5.41) is 23.4. The summed E-state index contributed by atoms with van der Waals surface area (Å²) >= 11 is 0. The van der Waals surface area contributed by atoms with Crippen LogP contribution in [0.25, 0.3) is 0 Å². The maximum absolute atomic E-state index is 12.7. The second-order valence-corrected chi connectivity index (χ2v) is 10.6. The Balaban J connectivity index is 0.00000400.